The minimum Gasteiger partial charge on any atom is -0.393 e. The normalized spacial score (nSPS) is 24.5. The molecule has 0 aromatic rings. The van der Waals surface area contributed by atoms with Gasteiger partial charge in [0.15, 0.2) is 0 Å². The number of carbonyl (C=O) groups excluding carboxylic acids is 1. The molecule has 1 amide bonds. The third-order valence-electron chi connectivity index (χ3n) is 3.63. The largest absolute Gasteiger partial charge is 0.393 e. The van der Waals surface area contributed by atoms with Crippen LogP contribution in [0.5, 0.6) is 0 Å². The van der Waals surface area contributed by atoms with Gasteiger partial charge in [-0.05, 0) is 26.2 Å². The Morgan fingerprint density at radius 2 is 2.24 bits per heavy atom. The van der Waals surface area contributed by atoms with E-state index in [1.54, 1.807) is 7.11 Å². The Labute approximate surface area is 104 Å². The number of nitrogens with zero attached hydrogens (tertiary/aromatic N) is 1. The molecule has 0 spiro atoms. The predicted octanol–water partition coefficient (Wildman–Crippen LogP) is 1.28. The first kappa shape index (κ1) is 14.5. The summed E-state index contributed by atoms with van der Waals surface area (Å²) in [6.45, 7) is 5.92. The highest BCUT2D eigenvalue weighted by Crippen LogP contribution is 2.21. The van der Waals surface area contributed by atoms with Crippen LogP contribution >= 0.6 is 0 Å². The highest BCUT2D eigenvalue weighted by Gasteiger charge is 2.28. The first-order chi connectivity index (χ1) is 8.06. The summed E-state index contributed by atoms with van der Waals surface area (Å²) >= 11 is 0. The van der Waals surface area contributed by atoms with E-state index in [0.29, 0.717) is 13.2 Å². The SMILES string of the molecule is COCCC(C)C(=O)N1CCCC(C(C)O)C1. The standard InChI is InChI=1S/C13H25NO3/c1-10(6-8-17-3)13(16)14-7-4-5-12(9-14)11(2)15/h10-12,15H,4-9H2,1-3H3. The molecular weight excluding hydrogens is 218 g/mol. The Bertz CT molecular complexity index is 243. The minimum atomic E-state index is -0.320. The topological polar surface area (TPSA) is 49.8 Å². The van der Waals surface area contributed by atoms with Gasteiger partial charge in [-0.1, -0.05) is 6.92 Å². The Morgan fingerprint density at radius 1 is 1.53 bits per heavy atom. The number of aliphatic hydroxyl groups excluding tert-OH is 1. The van der Waals surface area contributed by atoms with Gasteiger partial charge >= 0.3 is 0 Å². The summed E-state index contributed by atoms with van der Waals surface area (Å²) in [5.41, 5.74) is 0. The van der Waals surface area contributed by atoms with E-state index >= 15 is 0 Å². The Hall–Kier alpha value is -0.610. The number of hydrogen-bond donors (Lipinski definition) is 1. The van der Waals surface area contributed by atoms with Crippen LogP contribution in [-0.4, -0.2) is 48.8 Å². The fourth-order valence-electron chi connectivity index (χ4n) is 2.33. The van der Waals surface area contributed by atoms with E-state index in [2.05, 4.69) is 0 Å². The van der Waals surface area contributed by atoms with E-state index in [-0.39, 0.29) is 23.8 Å². The highest BCUT2D eigenvalue weighted by atomic mass is 16.5. The van der Waals surface area contributed by atoms with E-state index in [0.717, 1.165) is 25.8 Å². The van der Waals surface area contributed by atoms with Gasteiger partial charge in [0.2, 0.25) is 5.91 Å². The van der Waals surface area contributed by atoms with Crippen LogP contribution in [-0.2, 0) is 9.53 Å². The van der Waals surface area contributed by atoms with E-state index in [4.69, 9.17) is 4.74 Å². The molecule has 1 aliphatic heterocycles. The fraction of sp³-hybridized carbons (Fsp3) is 0.923. The van der Waals surface area contributed by atoms with Gasteiger partial charge in [-0.15, -0.1) is 0 Å². The molecule has 1 heterocycles. The molecule has 1 fully saturated rings. The fourth-order valence-corrected chi connectivity index (χ4v) is 2.33. The van der Waals surface area contributed by atoms with Crippen molar-refractivity contribution in [2.24, 2.45) is 11.8 Å². The number of amides is 1. The van der Waals surface area contributed by atoms with E-state index in [9.17, 15) is 9.90 Å². The van der Waals surface area contributed by atoms with Crippen molar-refractivity contribution in [2.75, 3.05) is 26.8 Å². The number of methoxy groups -OCH3 is 1. The molecule has 3 atom stereocenters. The zero-order valence-corrected chi connectivity index (χ0v) is 11.2. The number of hydrogen-bond acceptors (Lipinski definition) is 3. The van der Waals surface area contributed by atoms with Crippen LogP contribution in [0.1, 0.15) is 33.1 Å². The smallest absolute Gasteiger partial charge is 0.225 e. The summed E-state index contributed by atoms with van der Waals surface area (Å²) in [6, 6.07) is 0. The van der Waals surface area contributed by atoms with Crippen molar-refractivity contribution >= 4 is 5.91 Å². The third kappa shape index (κ3) is 4.28. The van der Waals surface area contributed by atoms with Gasteiger partial charge in [-0.2, -0.15) is 0 Å². The molecule has 3 unspecified atom stereocenters. The van der Waals surface area contributed by atoms with Crippen LogP contribution in [0, 0.1) is 11.8 Å². The summed E-state index contributed by atoms with van der Waals surface area (Å²) < 4.78 is 5.00. The maximum atomic E-state index is 12.2. The average Bonchev–Trinajstić information content (AvgIpc) is 2.35. The Balaban J connectivity index is 2.45. The molecule has 1 aliphatic rings. The van der Waals surface area contributed by atoms with Gasteiger partial charge in [-0.25, -0.2) is 0 Å². The second-order valence-electron chi connectivity index (χ2n) is 5.11. The van der Waals surface area contributed by atoms with Crippen molar-refractivity contribution in [1.29, 1.82) is 0 Å². The molecule has 0 radical (unpaired) electrons. The van der Waals surface area contributed by atoms with Crippen molar-refractivity contribution in [3.63, 3.8) is 0 Å². The summed E-state index contributed by atoms with van der Waals surface area (Å²) in [4.78, 5) is 14.1. The molecule has 0 bridgehead atoms. The lowest BCUT2D eigenvalue weighted by atomic mass is 9.92. The first-order valence-electron chi connectivity index (χ1n) is 6.52. The van der Waals surface area contributed by atoms with Gasteiger partial charge in [0.05, 0.1) is 6.10 Å². The second kappa shape index (κ2) is 6.97. The molecule has 4 heteroatoms. The maximum Gasteiger partial charge on any atom is 0.225 e. The molecule has 17 heavy (non-hydrogen) atoms. The molecule has 1 saturated heterocycles. The molecule has 100 valence electrons. The third-order valence-corrected chi connectivity index (χ3v) is 3.63. The van der Waals surface area contributed by atoms with Crippen LogP contribution in [0.2, 0.25) is 0 Å². The van der Waals surface area contributed by atoms with Crippen molar-refractivity contribution in [3.05, 3.63) is 0 Å². The monoisotopic (exact) mass is 243 g/mol. The number of piperidine rings is 1. The zero-order valence-electron chi connectivity index (χ0n) is 11.2. The lowest BCUT2D eigenvalue weighted by Crippen LogP contribution is -2.45. The number of aliphatic hydroxyl groups is 1. The number of carbonyl (C=O) groups is 1. The number of rotatable bonds is 5. The van der Waals surface area contributed by atoms with Crippen molar-refractivity contribution in [3.8, 4) is 0 Å². The molecule has 0 aliphatic carbocycles. The molecule has 1 N–H and O–H groups in total. The van der Waals surface area contributed by atoms with Crippen LogP contribution in [0.3, 0.4) is 0 Å². The van der Waals surface area contributed by atoms with E-state index in [1.165, 1.54) is 0 Å². The summed E-state index contributed by atoms with van der Waals surface area (Å²) in [6.07, 6.45) is 2.47. The lowest BCUT2D eigenvalue weighted by Gasteiger charge is -2.35. The molecule has 1 rings (SSSR count). The van der Waals surface area contributed by atoms with E-state index in [1.807, 2.05) is 18.7 Å². The van der Waals surface area contributed by atoms with Crippen molar-refractivity contribution < 1.29 is 14.6 Å². The first-order valence-corrected chi connectivity index (χ1v) is 6.52. The quantitative estimate of drug-likeness (QED) is 0.791. The highest BCUT2D eigenvalue weighted by molar-refractivity contribution is 5.78. The summed E-state index contributed by atoms with van der Waals surface area (Å²) in [5, 5.41) is 9.60. The van der Waals surface area contributed by atoms with Gasteiger partial charge in [0.1, 0.15) is 0 Å². The Kier molecular flexibility index (Phi) is 5.92. The molecule has 0 aromatic heterocycles. The summed E-state index contributed by atoms with van der Waals surface area (Å²) in [7, 11) is 1.65. The second-order valence-corrected chi connectivity index (χ2v) is 5.11. The van der Waals surface area contributed by atoms with Crippen LogP contribution < -0.4 is 0 Å². The maximum absolute atomic E-state index is 12.2. The molecular formula is C13H25NO3. The molecule has 4 nitrogen and oxygen atoms in total. The Morgan fingerprint density at radius 3 is 2.82 bits per heavy atom. The average molecular weight is 243 g/mol. The molecule has 0 saturated carbocycles. The zero-order chi connectivity index (χ0) is 12.8. The van der Waals surface area contributed by atoms with Crippen LogP contribution in [0.4, 0.5) is 0 Å². The van der Waals surface area contributed by atoms with Gasteiger partial charge in [0, 0.05) is 38.6 Å². The van der Waals surface area contributed by atoms with Gasteiger partial charge in [0.25, 0.3) is 0 Å². The van der Waals surface area contributed by atoms with Crippen molar-refractivity contribution in [2.45, 2.75) is 39.2 Å². The predicted molar refractivity (Wildman–Crippen MR) is 66.6 cm³/mol. The van der Waals surface area contributed by atoms with E-state index < -0.39 is 0 Å². The van der Waals surface area contributed by atoms with Crippen LogP contribution in [0.25, 0.3) is 0 Å². The lowest BCUT2D eigenvalue weighted by molar-refractivity contribution is -0.138. The minimum absolute atomic E-state index is 0.0164. The number of likely N-dealkylation sites (tertiary alicyclic amines) is 1. The van der Waals surface area contributed by atoms with Crippen LogP contribution in [0.15, 0.2) is 0 Å². The van der Waals surface area contributed by atoms with Gasteiger partial charge < -0.3 is 14.7 Å². The summed E-state index contributed by atoms with van der Waals surface area (Å²) in [5.74, 6) is 0.456. The number of ether oxygens (including phenoxy) is 1. The van der Waals surface area contributed by atoms with Crippen molar-refractivity contribution in [1.82, 2.24) is 4.90 Å². The molecule has 0 aromatic carbocycles. The van der Waals surface area contributed by atoms with Gasteiger partial charge in [-0.3, -0.25) is 4.79 Å².